The van der Waals surface area contributed by atoms with Crippen LogP contribution in [0.15, 0.2) is 65.5 Å². The molecule has 2 N–H and O–H groups in total. The van der Waals surface area contributed by atoms with Crippen LogP contribution in [0.4, 0.5) is 11.4 Å². The third-order valence-corrected chi connectivity index (χ3v) is 3.25. The summed E-state index contributed by atoms with van der Waals surface area (Å²) in [4.78, 5) is 11.0. The molecule has 104 valence electrons. The minimum absolute atomic E-state index is 0.196. The molecule has 4 nitrogen and oxygen atoms in total. The highest BCUT2D eigenvalue weighted by Gasteiger charge is 2.04. The first-order valence-corrected chi connectivity index (χ1v) is 6.71. The third kappa shape index (κ3) is 3.00. The highest BCUT2D eigenvalue weighted by Crippen LogP contribution is 2.25. The van der Waals surface area contributed by atoms with Gasteiger partial charge in [0.25, 0.3) is 5.56 Å². The molecule has 0 unspecified atom stereocenters. The summed E-state index contributed by atoms with van der Waals surface area (Å²) in [6.45, 7) is 2.04. The summed E-state index contributed by atoms with van der Waals surface area (Å²) in [5.41, 5.74) is 4.75. The molecule has 0 aliphatic carbocycles. The number of hydrogen-bond donors (Lipinski definition) is 2. The van der Waals surface area contributed by atoms with Crippen molar-refractivity contribution in [2.45, 2.75) is 6.92 Å². The topological polar surface area (TPSA) is 57.8 Å². The molecule has 1 heterocycles. The first-order chi connectivity index (χ1) is 10.2. The molecular formula is C17H15N3O. The van der Waals surface area contributed by atoms with Crippen molar-refractivity contribution >= 4 is 11.4 Å². The summed E-state index contributed by atoms with van der Waals surface area (Å²) < 4.78 is 0. The fourth-order valence-electron chi connectivity index (χ4n) is 2.15. The van der Waals surface area contributed by atoms with Gasteiger partial charge >= 0.3 is 0 Å². The van der Waals surface area contributed by atoms with Crippen LogP contribution in [0.5, 0.6) is 0 Å². The molecule has 3 aromatic rings. The van der Waals surface area contributed by atoms with Crippen molar-refractivity contribution in [2.75, 3.05) is 5.32 Å². The highest BCUT2D eigenvalue weighted by atomic mass is 16.1. The van der Waals surface area contributed by atoms with Gasteiger partial charge in [0.15, 0.2) is 0 Å². The van der Waals surface area contributed by atoms with Crippen molar-refractivity contribution < 1.29 is 0 Å². The minimum atomic E-state index is -0.196. The molecule has 2 aromatic carbocycles. The van der Waals surface area contributed by atoms with E-state index in [1.807, 2.05) is 55.5 Å². The third-order valence-electron chi connectivity index (χ3n) is 3.25. The van der Waals surface area contributed by atoms with Gasteiger partial charge in [-0.2, -0.15) is 5.10 Å². The number of nitrogens with zero attached hydrogens (tertiary/aromatic N) is 1. The Morgan fingerprint density at radius 1 is 1.00 bits per heavy atom. The van der Waals surface area contributed by atoms with E-state index in [0.29, 0.717) is 0 Å². The lowest BCUT2D eigenvalue weighted by Gasteiger charge is -2.11. The summed E-state index contributed by atoms with van der Waals surface area (Å²) >= 11 is 0. The SMILES string of the molecule is Cc1cc(-c2ccc(=O)[nH]n2)ccc1Nc1ccccc1. The zero-order chi connectivity index (χ0) is 14.7. The van der Waals surface area contributed by atoms with E-state index in [4.69, 9.17) is 0 Å². The quantitative estimate of drug-likeness (QED) is 0.770. The van der Waals surface area contributed by atoms with Crippen molar-refractivity contribution in [3.05, 3.63) is 76.6 Å². The van der Waals surface area contributed by atoms with Crippen molar-refractivity contribution in [2.24, 2.45) is 0 Å². The summed E-state index contributed by atoms with van der Waals surface area (Å²) in [5, 5.41) is 9.88. The molecule has 3 rings (SSSR count). The van der Waals surface area contributed by atoms with Gasteiger partial charge in [-0.25, -0.2) is 5.10 Å². The van der Waals surface area contributed by atoms with E-state index in [9.17, 15) is 4.79 Å². The van der Waals surface area contributed by atoms with E-state index in [2.05, 4.69) is 15.5 Å². The van der Waals surface area contributed by atoms with Gasteiger partial charge in [-0.05, 0) is 42.8 Å². The average molecular weight is 277 g/mol. The van der Waals surface area contributed by atoms with Crippen LogP contribution in [-0.2, 0) is 0 Å². The smallest absolute Gasteiger partial charge is 0.264 e. The summed E-state index contributed by atoms with van der Waals surface area (Å²) in [7, 11) is 0. The minimum Gasteiger partial charge on any atom is -0.355 e. The largest absolute Gasteiger partial charge is 0.355 e. The number of aromatic nitrogens is 2. The van der Waals surface area contributed by atoms with Crippen molar-refractivity contribution in [1.82, 2.24) is 10.2 Å². The molecule has 0 saturated carbocycles. The van der Waals surface area contributed by atoms with Gasteiger partial charge in [0, 0.05) is 23.0 Å². The second kappa shape index (κ2) is 5.63. The summed E-state index contributed by atoms with van der Waals surface area (Å²) in [5.74, 6) is 0. The molecule has 0 atom stereocenters. The number of aromatic amines is 1. The van der Waals surface area contributed by atoms with E-state index in [1.165, 1.54) is 6.07 Å². The highest BCUT2D eigenvalue weighted by molar-refractivity contribution is 5.69. The fraction of sp³-hybridized carbons (Fsp3) is 0.0588. The Morgan fingerprint density at radius 3 is 2.48 bits per heavy atom. The van der Waals surface area contributed by atoms with Crippen molar-refractivity contribution in [3.8, 4) is 11.3 Å². The van der Waals surface area contributed by atoms with Crippen LogP contribution >= 0.6 is 0 Å². The zero-order valence-corrected chi connectivity index (χ0v) is 11.6. The van der Waals surface area contributed by atoms with E-state index < -0.39 is 0 Å². The van der Waals surface area contributed by atoms with Gasteiger partial charge in [0.2, 0.25) is 0 Å². The Morgan fingerprint density at radius 2 is 1.81 bits per heavy atom. The molecule has 0 fully saturated rings. The lowest BCUT2D eigenvalue weighted by atomic mass is 10.1. The van der Waals surface area contributed by atoms with Gasteiger partial charge in [0.1, 0.15) is 0 Å². The predicted octanol–water partition coefficient (Wildman–Crippen LogP) is 3.49. The summed E-state index contributed by atoms with van der Waals surface area (Å²) in [6.07, 6.45) is 0. The molecule has 4 heteroatoms. The fourth-order valence-corrected chi connectivity index (χ4v) is 2.15. The lowest BCUT2D eigenvalue weighted by Crippen LogP contribution is -2.05. The second-order valence-electron chi connectivity index (χ2n) is 4.83. The predicted molar refractivity (Wildman–Crippen MR) is 84.8 cm³/mol. The van der Waals surface area contributed by atoms with Crippen LogP contribution in [0.1, 0.15) is 5.56 Å². The van der Waals surface area contributed by atoms with Gasteiger partial charge < -0.3 is 5.32 Å². The van der Waals surface area contributed by atoms with Crippen LogP contribution < -0.4 is 10.9 Å². The maximum absolute atomic E-state index is 11.0. The average Bonchev–Trinajstić information content (AvgIpc) is 2.51. The Kier molecular flexibility index (Phi) is 3.51. The molecule has 21 heavy (non-hydrogen) atoms. The molecule has 0 radical (unpaired) electrons. The molecule has 0 spiro atoms. The normalized spacial score (nSPS) is 10.3. The number of hydrogen-bond acceptors (Lipinski definition) is 3. The Bertz CT molecular complexity index is 789. The Labute approximate surface area is 122 Å². The molecule has 0 aliphatic rings. The molecule has 0 amide bonds. The lowest BCUT2D eigenvalue weighted by molar-refractivity contribution is 0.995. The number of para-hydroxylation sites is 1. The maximum Gasteiger partial charge on any atom is 0.264 e. The van der Waals surface area contributed by atoms with Crippen LogP contribution in [0.3, 0.4) is 0 Å². The maximum atomic E-state index is 11.0. The number of rotatable bonds is 3. The van der Waals surface area contributed by atoms with Gasteiger partial charge in [0.05, 0.1) is 5.69 Å². The van der Waals surface area contributed by atoms with E-state index in [0.717, 1.165) is 28.2 Å². The number of aryl methyl sites for hydroxylation is 1. The number of anilines is 2. The first-order valence-electron chi connectivity index (χ1n) is 6.71. The van der Waals surface area contributed by atoms with Crippen molar-refractivity contribution in [3.63, 3.8) is 0 Å². The second-order valence-corrected chi connectivity index (χ2v) is 4.83. The first kappa shape index (κ1) is 13.1. The molecule has 0 saturated heterocycles. The van der Waals surface area contributed by atoms with E-state index in [1.54, 1.807) is 6.07 Å². The molecular weight excluding hydrogens is 262 g/mol. The van der Waals surface area contributed by atoms with Gasteiger partial charge in [-0.1, -0.05) is 24.3 Å². The van der Waals surface area contributed by atoms with Crippen LogP contribution in [0, 0.1) is 6.92 Å². The number of nitrogens with one attached hydrogen (secondary N) is 2. The number of benzene rings is 2. The molecule has 0 aliphatic heterocycles. The van der Waals surface area contributed by atoms with Crippen LogP contribution in [0.2, 0.25) is 0 Å². The number of H-pyrrole nitrogens is 1. The Balaban J connectivity index is 1.89. The van der Waals surface area contributed by atoms with Gasteiger partial charge in [-0.15, -0.1) is 0 Å². The van der Waals surface area contributed by atoms with E-state index >= 15 is 0 Å². The monoisotopic (exact) mass is 277 g/mol. The van der Waals surface area contributed by atoms with E-state index in [-0.39, 0.29) is 5.56 Å². The standard InChI is InChI=1S/C17H15N3O/c1-12-11-13(16-9-10-17(21)20-19-16)7-8-15(12)18-14-5-3-2-4-6-14/h2-11,18H,1H3,(H,20,21). The Hall–Kier alpha value is -2.88. The van der Waals surface area contributed by atoms with Crippen molar-refractivity contribution in [1.29, 1.82) is 0 Å². The zero-order valence-electron chi connectivity index (χ0n) is 11.6. The van der Waals surface area contributed by atoms with Crippen LogP contribution in [-0.4, -0.2) is 10.2 Å². The van der Waals surface area contributed by atoms with Crippen LogP contribution in [0.25, 0.3) is 11.3 Å². The van der Waals surface area contributed by atoms with Gasteiger partial charge in [-0.3, -0.25) is 4.79 Å². The summed E-state index contributed by atoms with van der Waals surface area (Å²) in [6, 6.07) is 19.3. The molecule has 1 aromatic heterocycles. The molecule has 0 bridgehead atoms.